The van der Waals surface area contributed by atoms with E-state index in [0.717, 1.165) is 172 Å². The molecule has 0 radical (unpaired) electrons. The number of ketones is 2. The Morgan fingerprint density at radius 1 is 0.457 bits per heavy atom. The summed E-state index contributed by atoms with van der Waals surface area (Å²) >= 11 is 23.6. The average Bonchev–Trinajstić information content (AvgIpc) is 1.66. The van der Waals surface area contributed by atoms with Crippen molar-refractivity contribution in [1.29, 1.82) is 0 Å². The molecule has 7 unspecified atom stereocenters. The molecule has 2 aliphatic heterocycles. The Morgan fingerprint density at radius 3 is 1.19 bits per heavy atom. The number of alkyl halides is 1. The van der Waals surface area contributed by atoms with Gasteiger partial charge in [-0.15, -0.1) is 62.3 Å². The Labute approximate surface area is 871 Å². The molecule has 10 heterocycles. The van der Waals surface area contributed by atoms with Crippen LogP contribution in [0.4, 0.5) is 31.9 Å². The zero-order valence-electron chi connectivity index (χ0n) is 77.6. The minimum atomic E-state index is -0.861. The molecule has 6 aliphatic carbocycles. The number of Topliss-reactive ketones (excluding diaryl/α,β-unsaturated/α-hetero) is 2. The van der Waals surface area contributed by atoms with Gasteiger partial charge in [-0.3, -0.25) is 73.5 Å². The Hall–Kier alpha value is -10.4. The predicted molar refractivity (Wildman–Crippen MR) is 557 cm³/mol. The Bertz CT molecular complexity index is 5580. The first kappa shape index (κ1) is 115. The fourth-order valence-electron chi connectivity index (χ4n) is 15.9. The number of hydrogen-bond acceptors (Lipinski definition) is 33. The highest BCUT2D eigenvalue weighted by Crippen LogP contribution is 2.42. The number of nitrogens with one attached hydrogen (secondary N) is 4. The first-order valence-corrected chi connectivity index (χ1v) is 54.3. The number of aliphatic carboxylic acids is 1. The number of rotatable bonds is 19. The fourth-order valence-corrected chi connectivity index (χ4v) is 20.8. The van der Waals surface area contributed by atoms with Crippen LogP contribution in [0.15, 0.2) is 152 Å². The van der Waals surface area contributed by atoms with Crippen LogP contribution in [0.5, 0.6) is 0 Å². The number of furan rings is 4. The maximum Gasteiger partial charge on any atom is 0.316 e. The van der Waals surface area contributed by atoms with Gasteiger partial charge in [-0.2, -0.15) is 0 Å². The molecule has 756 valence electrons. The molecule has 8 aliphatic rings. The topological polar surface area (TPSA) is 502 Å². The number of nitrogens with zero attached hydrogens (tertiary/aromatic N) is 7. The first-order chi connectivity index (χ1) is 67.2. The maximum atomic E-state index is 13.3. The number of fused-ring (bicyclic) bond motifs is 4. The van der Waals surface area contributed by atoms with Crippen LogP contribution in [-0.2, 0) is 83.0 Å². The van der Waals surface area contributed by atoms with E-state index >= 15 is 0 Å². The van der Waals surface area contributed by atoms with Gasteiger partial charge in [-0.05, 0) is 227 Å². The number of benzene rings is 2. The number of hydrogen-bond donors (Lipinski definition) is 8. The summed E-state index contributed by atoms with van der Waals surface area (Å²) < 4.78 is 39.6. The molecule has 0 bridgehead atoms. The lowest BCUT2D eigenvalue weighted by Crippen LogP contribution is -2.50. The number of carboxylic acids is 1. The van der Waals surface area contributed by atoms with Gasteiger partial charge in [0.1, 0.15) is 35.4 Å². The lowest BCUT2D eigenvalue weighted by atomic mass is 9.88. The molecule has 2 aromatic carbocycles. The van der Waals surface area contributed by atoms with E-state index in [1.807, 2.05) is 30.0 Å². The van der Waals surface area contributed by atoms with E-state index in [0.29, 0.717) is 91.4 Å². The van der Waals surface area contributed by atoms with Crippen LogP contribution in [0, 0.1) is 11.8 Å². The van der Waals surface area contributed by atoms with Crippen molar-refractivity contribution in [2.75, 3.05) is 110 Å². The van der Waals surface area contributed by atoms with Gasteiger partial charge in [0, 0.05) is 118 Å². The maximum absolute atomic E-state index is 13.3. The minimum absolute atomic E-state index is 0. The number of aromatic nitrogens is 4. The average molecular weight is 2300 g/mol. The number of esters is 4. The number of thiazole rings is 4. The van der Waals surface area contributed by atoms with Gasteiger partial charge in [-0.25, -0.2) is 19.9 Å². The monoisotopic (exact) mass is 2300 g/mol. The van der Waals surface area contributed by atoms with Crippen LogP contribution in [-0.4, -0.2) is 189 Å². The fraction of sp³-hybridized carbons (Fsp3) is 0.442. The van der Waals surface area contributed by atoms with Crippen molar-refractivity contribution in [2.24, 2.45) is 23.3 Å². The van der Waals surface area contributed by atoms with Gasteiger partial charge in [-0.1, -0.05) is 65.2 Å². The molecular formula is C95H115Br4ClN14O21S5. The quantitative estimate of drug-likeness (QED) is 0.00930. The van der Waals surface area contributed by atoms with E-state index in [9.17, 15) is 62.6 Å². The number of aryl methyl sites for hydroxylation is 4. The van der Waals surface area contributed by atoms with Gasteiger partial charge in [0.2, 0.25) is 5.91 Å². The number of amides is 4. The lowest BCUT2D eigenvalue weighted by Gasteiger charge is -2.38. The van der Waals surface area contributed by atoms with Gasteiger partial charge in [0.15, 0.2) is 54.5 Å². The number of nitrogens with two attached hydrogens (primary N) is 3. The third-order valence-electron chi connectivity index (χ3n) is 22.4. The van der Waals surface area contributed by atoms with E-state index in [-0.39, 0.29) is 127 Å². The van der Waals surface area contributed by atoms with Crippen LogP contribution >= 0.6 is 130 Å². The van der Waals surface area contributed by atoms with Gasteiger partial charge >= 0.3 is 29.8 Å². The molecule has 140 heavy (non-hydrogen) atoms. The summed E-state index contributed by atoms with van der Waals surface area (Å²) in [6, 6.07) is 33.7. The highest BCUT2D eigenvalue weighted by Gasteiger charge is 2.39. The summed E-state index contributed by atoms with van der Waals surface area (Å²) in [7, 11) is 0. The molecule has 18 rings (SSSR count). The van der Waals surface area contributed by atoms with E-state index in [4.69, 9.17) is 49.5 Å². The van der Waals surface area contributed by atoms with Crippen LogP contribution in [0.2, 0.25) is 0 Å². The van der Waals surface area contributed by atoms with Crippen molar-refractivity contribution in [3.63, 3.8) is 0 Å². The summed E-state index contributed by atoms with van der Waals surface area (Å²) in [6.45, 7) is 16.2. The SMILES string of the molecule is Br.BrBr.CCOC(=O)C1CCCC(Br)C1=O.CCOC(=O)C1CCCCC1=O.CCOC(=O)C1CCCc2sc(N)nc21.CCOC(=O)C1CCCc2sc(NC(=O)c3ccco3)nc21.NC(N)=S.O=C(Cl)c1ccco1.O=C(Nc1nc2c(s1)CCCC2C(=O)N1CCN(c2ccccc2)CC1)c1ccco1.O=C(Nc1nc2c(s1)CCCC2C(=O)O)c1ccco1.c1ccc(N2CCNCC2)cc1. The number of halogens is 5. The molecule has 11 N–H and O–H groups in total. The standard InChI is InChI=1S/C23H24N4O3S.C15H16N2O4S.C13H12N2O4S.C10H14N2O2S.C10H14N2.C9H13BrO3.C9H14O3.C5H3ClO2.CH4N2S.Br2.BrH/c28-21(18-9-5-15-30-18)25-23-24-20-17(8-4-10-19(20)31-23)22(29)27-13-11-26(12-14-27)16-6-2-1-3-7-16;1-2-20-14(19)9-5-3-7-11-12(9)16-15(22-11)17-13(18)10-6-4-8-21-10;16-11(8-4-2-6-19-8)15-13-14-10-7(12(17)18)3-1-5-9(10)20-13;1-2-14-9(13)6-4-3-5-7-8(6)12-10(11)15-7;1-2-4-10(5-3-1)12-8-6-11-7-9-12;1-2-13-9(12)6-4-3-5-7(10)8(6)11;1-2-12-9(11)7-5-3-4-6-8(7)10;6-5(7)4-2-1-3-8-4;2-1(3)4;1-2;/h1-3,5-7,9,15,17H,4,8,10-14H2,(H,24,25,28);4,6,8-9H,2-3,5,7H2,1H3,(H,16,17,18);2,4,6-7H,1,3,5H2,(H,17,18)(H,14,15,16);6H,2-5H2,1H3,(H2,11,12);1-5,11H,6-9H2;6-7H,2-5H2,1H3;7H,2-6H2,1H3;1-3H;(H4,2,3,4);;1H. The molecule has 10 aromatic rings. The second-order valence-electron chi connectivity index (χ2n) is 31.8. The highest BCUT2D eigenvalue weighted by atomic mass is 80.9. The number of carbonyl (C=O) groups excluding carboxylic acids is 11. The summed E-state index contributed by atoms with van der Waals surface area (Å²) in [4.78, 5) is 168. The molecule has 8 aromatic heterocycles. The smallest absolute Gasteiger partial charge is 0.316 e. The van der Waals surface area contributed by atoms with E-state index < -0.39 is 29.0 Å². The van der Waals surface area contributed by atoms with E-state index in [1.54, 1.807) is 63.2 Å². The van der Waals surface area contributed by atoms with Gasteiger partial charge in [0.25, 0.3) is 23.0 Å². The number of ether oxygens (including phenoxy) is 4. The summed E-state index contributed by atoms with van der Waals surface area (Å²) in [5.41, 5.74) is 20.4. The third kappa shape index (κ3) is 35.3. The Balaban J connectivity index is 0.000000200. The molecule has 4 fully saturated rings. The molecule has 7 atom stereocenters. The first-order valence-electron chi connectivity index (χ1n) is 45.6. The van der Waals surface area contributed by atoms with Crippen molar-refractivity contribution in [3.05, 3.63) is 200 Å². The van der Waals surface area contributed by atoms with Crippen LogP contribution in [0.25, 0.3) is 0 Å². The molecule has 2 saturated heterocycles. The molecular weight excluding hydrogens is 2190 g/mol. The van der Waals surface area contributed by atoms with Crippen LogP contribution in [0.1, 0.15) is 232 Å². The summed E-state index contributed by atoms with van der Waals surface area (Å²) in [5.74, 6) is -4.25. The molecule has 0 spiro atoms. The van der Waals surface area contributed by atoms with E-state index in [2.05, 4.69) is 166 Å². The largest absolute Gasteiger partial charge is 0.481 e. The zero-order valence-corrected chi connectivity index (χ0v) is 88.9. The Kier molecular flexibility index (Phi) is 49.8. The van der Waals surface area contributed by atoms with Crippen LogP contribution < -0.4 is 48.3 Å². The number of thiocarbonyl (C=S) groups is 1. The molecule has 2 saturated carbocycles. The van der Waals surface area contributed by atoms with Crippen molar-refractivity contribution < 1.29 is 99.3 Å². The van der Waals surface area contributed by atoms with Crippen LogP contribution in [0.3, 0.4) is 0 Å². The predicted octanol–water partition coefficient (Wildman–Crippen LogP) is 18.1. The van der Waals surface area contributed by atoms with Gasteiger partial charge < -0.3 is 78.9 Å². The number of nitrogen functional groups attached to an aromatic ring is 1. The molecule has 35 nitrogen and oxygen atoms in total. The number of piperazine rings is 2. The number of carbonyl (C=O) groups is 12. The third-order valence-corrected chi connectivity index (χ3v) is 27.6. The number of carboxylic acid groups (broad SMARTS) is 1. The minimum Gasteiger partial charge on any atom is -0.481 e. The second-order valence-corrected chi connectivity index (χ2v) is 38.0. The lowest BCUT2D eigenvalue weighted by molar-refractivity contribution is -0.154. The molecule has 45 heteroatoms. The normalized spacial score (nSPS) is 18.3. The molecule has 4 amide bonds. The van der Waals surface area contributed by atoms with E-state index in [1.165, 1.54) is 87.8 Å². The Morgan fingerprint density at radius 2 is 0.807 bits per heavy atom. The van der Waals surface area contributed by atoms with Crippen molar-refractivity contribution in [2.45, 2.75) is 178 Å². The van der Waals surface area contributed by atoms with Crippen molar-refractivity contribution in [1.82, 2.24) is 30.2 Å². The summed E-state index contributed by atoms with van der Waals surface area (Å²) in [5, 5.41) is 22.1. The zero-order chi connectivity index (χ0) is 100. The highest BCUT2D eigenvalue weighted by molar-refractivity contribution is 9.93. The van der Waals surface area contributed by atoms with Crippen molar-refractivity contribution in [3.8, 4) is 0 Å². The second kappa shape index (κ2) is 60.8. The van der Waals surface area contributed by atoms with Crippen molar-refractivity contribution >= 4 is 238 Å². The number of para-hydroxylation sites is 2. The summed E-state index contributed by atoms with van der Waals surface area (Å²) in [6.07, 6.45) is 21.5. The van der Waals surface area contributed by atoms with Gasteiger partial charge in [0.05, 0.1) is 85.0 Å². The number of anilines is 6.